The van der Waals surface area contributed by atoms with Crippen molar-refractivity contribution >= 4 is 11.6 Å². The molecule has 0 saturated heterocycles. The van der Waals surface area contributed by atoms with Crippen LogP contribution in [0.5, 0.6) is 0 Å². The molecule has 0 aliphatic carbocycles. The van der Waals surface area contributed by atoms with E-state index in [0.717, 1.165) is 5.56 Å². The van der Waals surface area contributed by atoms with Crippen molar-refractivity contribution in [2.24, 2.45) is 0 Å². The number of pyridine rings is 1. The van der Waals surface area contributed by atoms with Gasteiger partial charge in [0.1, 0.15) is 5.02 Å². The van der Waals surface area contributed by atoms with Crippen LogP contribution in [0.3, 0.4) is 0 Å². The predicted octanol–water partition coefficient (Wildman–Crippen LogP) is 2.60. The second kappa shape index (κ2) is 7.07. The van der Waals surface area contributed by atoms with Crippen LogP contribution in [0, 0.1) is 0 Å². The predicted molar refractivity (Wildman–Crippen MR) is 84.0 cm³/mol. The number of benzene rings is 1. The lowest BCUT2D eigenvalue weighted by Gasteiger charge is -2.29. The number of rotatable bonds is 6. The average Bonchev–Trinajstić information content (AvgIpc) is 2.55. The van der Waals surface area contributed by atoms with Gasteiger partial charge in [-0.15, -0.1) is 0 Å². The molecule has 0 aliphatic heterocycles. The normalized spacial score (nSPS) is 11.6. The molecule has 0 radical (unpaired) electrons. The van der Waals surface area contributed by atoms with Crippen LogP contribution in [0.4, 0.5) is 0 Å². The Morgan fingerprint density at radius 1 is 1.09 bits per heavy atom. The highest BCUT2D eigenvalue weighted by Crippen LogP contribution is 2.27. The van der Waals surface area contributed by atoms with E-state index >= 15 is 0 Å². The molecule has 0 aliphatic rings. The van der Waals surface area contributed by atoms with Crippen molar-refractivity contribution in [3.8, 4) is 0 Å². The summed E-state index contributed by atoms with van der Waals surface area (Å²) in [5.41, 5.74) is 1.20. The summed E-state index contributed by atoms with van der Waals surface area (Å²) >= 11 is 6.06. The van der Waals surface area contributed by atoms with E-state index in [4.69, 9.17) is 25.8 Å². The highest BCUT2D eigenvalue weighted by molar-refractivity contribution is 6.30. The number of halogens is 1. The molecule has 0 spiro atoms. The summed E-state index contributed by atoms with van der Waals surface area (Å²) in [5.74, 6) is -1.41. The molecule has 0 N–H and O–H groups in total. The third-order valence-electron chi connectivity index (χ3n) is 3.40. The van der Waals surface area contributed by atoms with Gasteiger partial charge in [0.2, 0.25) is 0 Å². The van der Waals surface area contributed by atoms with Crippen LogP contribution in [-0.4, -0.2) is 25.9 Å². The molecule has 2 rings (SSSR count). The van der Waals surface area contributed by atoms with Gasteiger partial charge < -0.3 is 18.8 Å². The molecule has 22 heavy (non-hydrogen) atoms. The minimum atomic E-state index is -1.41. The number of nitrogens with zero attached hydrogens (tertiary/aromatic N) is 1. The summed E-state index contributed by atoms with van der Waals surface area (Å²) in [4.78, 5) is 12.2. The molecule has 0 bridgehead atoms. The van der Waals surface area contributed by atoms with Gasteiger partial charge in [0.25, 0.3) is 5.56 Å². The van der Waals surface area contributed by atoms with E-state index in [2.05, 4.69) is 0 Å². The maximum absolute atomic E-state index is 12.2. The zero-order chi connectivity index (χ0) is 16.2. The topological polar surface area (TPSA) is 49.7 Å². The van der Waals surface area contributed by atoms with Crippen LogP contribution in [0.1, 0.15) is 11.1 Å². The first-order chi connectivity index (χ1) is 10.6. The number of hydrogen-bond acceptors (Lipinski definition) is 4. The first-order valence-electron chi connectivity index (χ1n) is 6.66. The number of ether oxygens (including phenoxy) is 3. The molecule has 118 valence electrons. The quantitative estimate of drug-likeness (QED) is 0.767. The summed E-state index contributed by atoms with van der Waals surface area (Å²) in [6.45, 7) is 0.389. The first kappa shape index (κ1) is 16.7. The van der Waals surface area contributed by atoms with Crippen LogP contribution >= 0.6 is 11.6 Å². The second-order valence-corrected chi connectivity index (χ2v) is 5.07. The molecule has 5 nitrogen and oxygen atoms in total. The van der Waals surface area contributed by atoms with Crippen LogP contribution in [0.2, 0.25) is 5.02 Å². The summed E-state index contributed by atoms with van der Waals surface area (Å²) in [6, 6.07) is 11.1. The van der Waals surface area contributed by atoms with E-state index < -0.39 is 5.97 Å². The molecule has 0 fully saturated rings. The monoisotopic (exact) mass is 323 g/mol. The van der Waals surface area contributed by atoms with E-state index in [1.807, 2.05) is 30.3 Å². The van der Waals surface area contributed by atoms with Crippen LogP contribution in [0.15, 0.2) is 47.4 Å². The minimum absolute atomic E-state index is 0.0731. The molecule has 0 unspecified atom stereocenters. The van der Waals surface area contributed by atoms with Crippen molar-refractivity contribution in [3.05, 3.63) is 69.1 Å². The smallest absolute Gasteiger partial charge is 0.312 e. The number of aromatic nitrogens is 1. The molecule has 2 aromatic rings. The molecule has 1 aromatic heterocycles. The fraction of sp³-hybridized carbons (Fsp3) is 0.312. The van der Waals surface area contributed by atoms with Crippen molar-refractivity contribution in [1.29, 1.82) is 0 Å². The van der Waals surface area contributed by atoms with E-state index in [0.29, 0.717) is 12.1 Å². The van der Waals surface area contributed by atoms with Crippen molar-refractivity contribution in [2.45, 2.75) is 12.5 Å². The van der Waals surface area contributed by atoms with Gasteiger partial charge in [-0.05, 0) is 11.6 Å². The number of methoxy groups -OCH3 is 3. The molecular weight excluding hydrogens is 306 g/mol. The summed E-state index contributed by atoms with van der Waals surface area (Å²) in [7, 11) is 4.36. The summed E-state index contributed by atoms with van der Waals surface area (Å²) in [5, 5.41) is 0.0731. The SMILES string of the molecule is COC(OC)(OC)c1cc(Cl)c(=O)n(Cc2ccccc2)c1. The van der Waals surface area contributed by atoms with Crippen molar-refractivity contribution in [1.82, 2.24) is 4.57 Å². The average molecular weight is 324 g/mol. The van der Waals surface area contributed by atoms with Gasteiger partial charge in [-0.1, -0.05) is 41.9 Å². The fourth-order valence-electron chi connectivity index (χ4n) is 2.27. The second-order valence-electron chi connectivity index (χ2n) is 4.66. The Morgan fingerprint density at radius 3 is 2.23 bits per heavy atom. The Hall–Kier alpha value is -1.66. The standard InChI is InChI=1S/C16H18ClNO4/c1-20-16(21-2,22-3)13-9-14(17)15(19)18(11-13)10-12-7-5-4-6-8-12/h4-9,11H,10H2,1-3H3. The lowest BCUT2D eigenvalue weighted by atomic mass is 10.2. The van der Waals surface area contributed by atoms with Gasteiger partial charge in [0, 0.05) is 27.5 Å². The lowest BCUT2D eigenvalue weighted by molar-refractivity contribution is -0.364. The van der Waals surface area contributed by atoms with Crippen molar-refractivity contribution < 1.29 is 14.2 Å². The van der Waals surface area contributed by atoms with E-state index in [-0.39, 0.29) is 10.6 Å². The van der Waals surface area contributed by atoms with Gasteiger partial charge in [-0.3, -0.25) is 4.79 Å². The Kier molecular flexibility index (Phi) is 5.37. The van der Waals surface area contributed by atoms with Gasteiger partial charge in [-0.2, -0.15) is 0 Å². The lowest BCUT2D eigenvalue weighted by Crippen LogP contribution is -2.35. The third kappa shape index (κ3) is 3.23. The van der Waals surface area contributed by atoms with E-state index in [1.54, 1.807) is 6.20 Å². The molecule has 0 atom stereocenters. The zero-order valence-electron chi connectivity index (χ0n) is 12.7. The fourth-order valence-corrected chi connectivity index (χ4v) is 2.49. The van der Waals surface area contributed by atoms with Crippen LogP contribution in [-0.2, 0) is 26.7 Å². The Labute approximate surface area is 134 Å². The molecule has 1 heterocycles. The van der Waals surface area contributed by atoms with Crippen LogP contribution < -0.4 is 5.56 Å². The highest BCUT2D eigenvalue weighted by Gasteiger charge is 2.33. The molecule has 6 heteroatoms. The van der Waals surface area contributed by atoms with Crippen molar-refractivity contribution in [2.75, 3.05) is 21.3 Å². The van der Waals surface area contributed by atoms with Gasteiger partial charge >= 0.3 is 5.97 Å². The Bertz CT molecular complexity index is 672. The molecular formula is C16H18ClNO4. The molecule has 0 saturated carbocycles. The van der Waals surface area contributed by atoms with Gasteiger partial charge in [0.15, 0.2) is 0 Å². The molecule has 1 aromatic carbocycles. The maximum atomic E-state index is 12.2. The summed E-state index contributed by atoms with van der Waals surface area (Å²) < 4.78 is 17.4. The first-order valence-corrected chi connectivity index (χ1v) is 7.04. The Balaban J connectivity index is 2.49. The minimum Gasteiger partial charge on any atom is -0.327 e. The van der Waals surface area contributed by atoms with Gasteiger partial charge in [-0.25, -0.2) is 0 Å². The van der Waals surface area contributed by atoms with Crippen LogP contribution in [0.25, 0.3) is 0 Å². The Morgan fingerprint density at radius 2 is 1.68 bits per heavy atom. The van der Waals surface area contributed by atoms with Crippen molar-refractivity contribution in [3.63, 3.8) is 0 Å². The highest BCUT2D eigenvalue weighted by atomic mass is 35.5. The number of hydrogen-bond donors (Lipinski definition) is 0. The van der Waals surface area contributed by atoms with E-state index in [1.165, 1.54) is 32.0 Å². The van der Waals surface area contributed by atoms with E-state index in [9.17, 15) is 4.79 Å². The molecule has 0 amide bonds. The van der Waals surface area contributed by atoms with Gasteiger partial charge in [0.05, 0.1) is 12.1 Å². The third-order valence-corrected chi connectivity index (χ3v) is 3.67. The maximum Gasteiger partial charge on any atom is 0.312 e. The summed E-state index contributed by atoms with van der Waals surface area (Å²) in [6.07, 6.45) is 1.62. The zero-order valence-corrected chi connectivity index (χ0v) is 13.5. The largest absolute Gasteiger partial charge is 0.327 e.